The molecule has 0 saturated carbocycles. The Bertz CT molecular complexity index is 497. The van der Waals surface area contributed by atoms with E-state index in [0.29, 0.717) is 13.1 Å². The van der Waals surface area contributed by atoms with E-state index in [1.165, 1.54) is 5.56 Å². The number of anilines is 1. The molecular formula is C12H18N2O2S. The van der Waals surface area contributed by atoms with Gasteiger partial charge in [-0.2, -0.15) is 0 Å². The van der Waals surface area contributed by atoms with Crippen molar-refractivity contribution in [2.24, 2.45) is 0 Å². The zero-order valence-corrected chi connectivity index (χ0v) is 10.8. The molecule has 94 valence electrons. The molecule has 0 spiro atoms. The third-order valence-corrected chi connectivity index (χ3v) is 4.74. The van der Waals surface area contributed by atoms with Crippen LogP contribution in [0, 0.1) is 6.92 Å². The third kappa shape index (κ3) is 3.20. The molecule has 0 aromatic heterocycles. The smallest absolute Gasteiger partial charge is 0.152 e. The molecule has 1 heterocycles. The van der Waals surface area contributed by atoms with Crippen LogP contribution >= 0.6 is 0 Å². The first-order valence-corrected chi connectivity index (χ1v) is 7.56. The van der Waals surface area contributed by atoms with E-state index in [0.717, 1.165) is 17.8 Å². The molecule has 0 bridgehead atoms. The lowest BCUT2D eigenvalue weighted by Gasteiger charge is -2.27. The number of hydrogen-bond donors (Lipinski definition) is 1. The normalized spacial score (nSPS) is 20.3. The molecule has 5 heteroatoms. The van der Waals surface area contributed by atoms with E-state index in [1.54, 1.807) is 0 Å². The van der Waals surface area contributed by atoms with E-state index in [1.807, 2.05) is 19.1 Å². The summed E-state index contributed by atoms with van der Waals surface area (Å²) in [6, 6.07) is 5.96. The fourth-order valence-corrected chi connectivity index (χ4v) is 3.30. The highest BCUT2D eigenvalue weighted by atomic mass is 32.2. The van der Waals surface area contributed by atoms with Crippen molar-refractivity contribution in [3.05, 3.63) is 29.3 Å². The van der Waals surface area contributed by atoms with Crippen molar-refractivity contribution in [2.45, 2.75) is 13.5 Å². The second kappa shape index (κ2) is 4.66. The van der Waals surface area contributed by atoms with Crippen LogP contribution in [0.25, 0.3) is 0 Å². The second-order valence-corrected chi connectivity index (χ2v) is 6.93. The van der Waals surface area contributed by atoms with Gasteiger partial charge in [0.25, 0.3) is 0 Å². The first kappa shape index (κ1) is 12.4. The Kier molecular flexibility index (Phi) is 3.40. The van der Waals surface area contributed by atoms with E-state index in [4.69, 9.17) is 5.73 Å². The maximum absolute atomic E-state index is 11.3. The predicted molar refractivity (Wildman–Crippen MR) is 69.5 cm³/mol. The number of sulfone groups is 1. The van der Waals surface area contributed by atoms with Gasteiger partial charge < -0.3 is 5.73 Å². The van der Waals surface area contributed by atoms with Crippen molar-refractivity contribution in [2.75, 3.05) is 30.3 Å². The minimum absolute atomic E-state index is 0.263. The van der Waals surface area contributed by atoms with Crippen LogP contribution in [0.5, 0.6) is 0 Å². The van der Waals surface area contributed by atoms with Gasteiger partial charge in [0.05, 0.1) is 11.5 Å². The number of rotatable bonds is 2. The topological polar surface area (TPSA) is 63.4 Å². The van der Waals surface area contributed by atoms with E-state index >= 15 is 0 Å². The number of nitrogens with zero attached hydrogens (tertiary/aromatic N) is 1. The number of nitrogens with two attached hydrogens (primary N) is 1. The van der Waals surface area contributed by atoms with Crippen LogP contribution in [0.15, 0.2) is 18.2 Å². The SMILES string of the molecule is Cc1ccc(N)c(CN2CCS(=O)(=O)CC2)c1. The number of benzene rings is 1. The quantitative estimate of drug-likeness (QED) is 0.793. The first-order valence-electron chi connectivity index (χ1n) is 5.74. The minimum Gasteiger partial charge on any atom is -0.398 e. The molecule has 0 radical (unpaired) electrons. The zero-order valence-electron chi connectivity index (χ0n) is 10.0. The molecular weight excluding hydrogens is 236 g/mol. The van der Waals surface area contributed by atoms with Gasteiger partial charge in [0.15, 0.2) is 9.84 Å². The maximum Gasteiger partial charge on any atom is 0.152 e. The average Bonchev–Trinajstić information content (AvgIpc) is 2.26. The van der Waals surface area contributed by atoms with Gasteiger partial charge in [-0.1, -0.05) is 17.7 Å². The van der Waals surface area contributed by atoms with Crippen LogP contribution in [0.3, 0.4) is 0 Å². The van der Waals surface area contributed by atoms with Gasteiger partial charge in [-0.3, -0.25) is 4.90 Å². The predicted octanol–water partition coefficient (Wildman–Crippen LogP) is 0.808. The lowest BCUT2D eigenvalue weighted by molar-refractivity contribution is 0.288. The van der Waals surface area contributed by atoms with Crippen LogP contribution in [0.2, 0.25) is 0 Å². The second-order valence-electron chi connectivity index (χ2n) is 4.63. The van der Waals surface area contributed by atoms with Crippen molar-refractivity contribution in [3.8, 4) is 0 Å². The van der Waals surface area contributed by atoms with Crippen LogP contribution in [-0.2, 0) is 16.4 Å². The van der Waals surface area contributed by atoms with Gasteiger partial charge in [-0.05, 0) is 18.6 Å². The monoisotopic (exact) mass is 254 g/mol. The summed E-state index contributed by atoms with van der Waals surface area (Å²) in [5.41, 5.74) is 8.96. The van der Waals surface area contributed by atoms with Gasteiger partial charge in [-0.15, -0.1) is 0 Å². The van der Waals surface area contributed by atoms with Crippen molar-refractivity contribution >= 4 is 15.5 Å². The van der Waals surface area contributed by atoms with E-state index in [2.05, 4.69) is 11.0 Å². The van der Waals surface area contributed by atoms with Crippen molar-refractivity contribution in [1.29, 1.82) is 0 Å². The summed E-state index contributed by atoms with van der Waals surface area (Å²) in [4.78, 5) is 2.15. The fraction of sp³-hybridized carbons (Fsp3) is 0.500. The van der Waals surface area contributed by atoms with Crippen LogP contribution in [-0.4, -0.2) is 37.9 Å². The lowest BCUT2D eigenvalue weighted by atomic mass is 10.1. The molecule has 1 aromatic rings. The highest BCUT2D eigenvalue weighted by molar-refractivity contribution is 7.91. The van der Waals surface area contributed by atoms with Crippen molar-refractivity contribution in [3.63, 3.8) is 0 Å². The molecule has 1 saturated heterocycles. The molecule has 0 aliphatic carbocycles. The van der Waals surface area contributed by atoms with Crippen molar-refractivity contribution < 1.29 is 8.42 Å². The molecule has 1 fully saturated rings. The third-order valence-electron chi connectivity index (χ3n) is 3.13. The maximum atomic E-state index is 11.3. The van der Waals surface area contributed by atoms with Crippen molar-refractivity contribution in [1.82, 2.24) is 4.90 Å². The zero-order chi connectivity index (χ0) is 12.5. The summed E-state index contributed by atoms with van der Waals surface area (Å²) in [5, 5.41) is 0. The lowest BCUT2D eigenvalue weighted by Crippen LogP contribution is -2.39. The van der Waals surface area contributed by atoms with Gasteiger partial charge in [0.2, 0.25) is 0 Å². The number of aryl methyl sites for hydroxylation is 1. The summed E-state index contributed by atoms with van der Waals surface area (Å²) in [6.45, 7) is 3.98. The highest BCUT2D eigenvalue weighted by Gasteiger charge is 2.21. The summed E-state index contributed by atoms with van der Waals surface area (Å²) in [7, 11) is -2.80. The average molecular weight is 254 g/mol. The standard InChI is InChI=1S/C12H18N2O2S/c1-10-2-3-12(13)11(8-10)9-14-4-6-17(15,16)7-5-14/h2-3,8H,4-7,9,13H2,1H3. The van der Waals surface area contributed by atoms with E-state index < -0.39 is 9.84 Å². The summed E-state index contributed by atoms with van der Waals surface area (Å²) in [5.74, 6) is 0.525. The molecule has 0 amide bonds. The Labute approximate surface area is 102 Å². The van der Waals surface area contributed by atoms with Crippen LogP contribution in [0.1, 0.15) is 11.1 Å². The molecule has 1 aliphatic heterocycles. The number of nitrogen functional groups attached to an aromatic ring is 1. The summed E-state index contributed by atoms with van der Waals surface area (Å²) >= 11 is 0. The van der Waals surface area contributed by atoms with Gasteiger partial charge >= 0.3 is 0 Å². The molecule has 2 rings (SSSR count). The molecule has 1 aliphatic rings. The molecule has 17 heavy (non-hydrogen) atoms. The Morgan fingerprint density at radius 3 is 2.59 bits per heavy atom. The molecule has 1 aromatic carbocycles. The minimum atomic E-state index is -2.80. The number of hydrogen-bond acceptors (Lipinski definition) is 4. The van der Waals surface area contributed by atoms with E-state index in [9.17, 15) is 8.42 Å². The molecule has 4 nitrogen and oxygen atoms in total. The molecule has 0 atom stereocenters. The highest BCUT2D eigenvalue weighted by Crippen LogP contribution is 2.17. The largest absolute Gasteiger partial charge is 0.398 e. The Morgan fingerprint density at radius 2 is 1.94 bits per heavy atom. The summed E-state index contributed by atoms with van der Waals surface area (Å²) < 4.78 is 22.6. The Balaban J connectivity index is 2.05. The Hall–Kier alpha value is -1.07. The Morgan fingerprint density at radius 1 is 1.29 bits per heavy atom. The fourth-order valence-electron chi connectivity index (χ4n) is 2.02. The van der Waals surface area contributed by atoms with Crippen LogP contribution in [0.4, 0.5) is 5.69 Å². The molecule has 2 N–H and O–H groups in total. The van der Waals surface area contributed by atoms with Gasteiger partial charge in [0, 0.05) is 25.3 Å². The van der Waals surface area contributed by atoms with E-state index in [-0.39, 0.29) is 11.5 Å². The molecule has 0 unspecified atom stereocenters. The van der Waals surface area contributed by atoms with Crippen LogP contribution < -0.4 is 5.73 Å². The van der Waals surface area contributed by atoms with Gasteiger partial charge in [-0.25, -0.2) is 8.42 Å². The summed E-state index contributed by atoms with van der Waals surface area (Å²) in [6.07, 6.45) is 0. The first-order chi connectivity index (χ1) is 7.96. The van der Waals surface area contributed by atoms with Gasteiger partial charge in [0.1, 0.15) is 0 Å².